The Labute approximate surface area is 127 Å². The number of aryl methyl sites for hydroxylation is 1. The average molecular weight is 307 g/mol. The third kappa shape index (κ3) is 3.19. The lowest BCUT2D eigenvalue weighted by atomic mass is 9.93. The first kappa shape index (κ1) is 13.6. The molecule has 0 amide bonds. The molecule has 0 fully saturated rings. The Hall–Kier alpha value is -1.40. The molecule has 1 aliphatic carbocycles. The number of aromatic nitrogens is 1. The molecule has 106 valence electrons. The third-order valence-corrected chi connectivity index (χ3v) is 4.69. The molecule has 1 aliphatic rings. The van der Waals surface area contributed by atoms with E-state index in [1.165, 1.54) is 17.0 Å². The zero-order valence-corrected chi connectivity index (χ0v) is 12.9. The van der Waals surface area contributed by atoms with E-state index in [0.29, 0.717) is 11.7 Å². The number of thiazole rings is 1. The third-order valence-electron chi connectivity index (χ3n) is 3.41. The standard InChI is InChI=1S/C14H17N3OS2/c1-9-4-5-11-12(7-9)20-14(16-11)17-13(19)15-8-10-3-2-6-18-10/h2-3,6,9H,4-5,7-8H2,1H3,(H2,15,16,17,19)/t9-/m0/s1. The first-order valence-electron chi connectivity index (χ1n) is 6.76. The molecule has 0 saturated carbocycles. The molecule has 2 N–H and O–H groups in total. The van der Waals surface area contributed by atoms with E-state index in [-0.39, 0.29) is 0 Å². The predicted molar refractivity (Wildman–Crippen MR) is 85.1 cm³/mol. The lowest BCUT2D eigenvalue weighted by Gasteiger charge is -2.15. The number of thiocarbonyl (C=S) groups is 1. The maximum atomic E-state index is 5.28. The Bertz CT molecular complexity index is 592. The molecule has 0 aliphatic heterocycles. The molecule has 0 unspecified atom stereocenters. The molecule has 2 aromatic heterocycles. The van der Waals surface area contributed by atoms with Gasteiger partial charge in [-0.25, -0.2) is 4.98 Å². The van der Waals surface area contributed by atoms with Gasteiger partial charge in [-0.15, -0.1) is 11.3 Å². The van der Waals surface area contributed by atoms with Crippen LogP contribution >= 0.6 is 23.6 Å². The first-order valence-corrected chi connectivity index (χ1v) is 7.99. The van der Waals surface area contributed by atoms with E-state index in [9.17, 15) is 0 Å². The summed E-state index contributed by atoms with van der Waals surface area (Å²) in [5.74, 6) is 1.63. The van der Waals surface area contributed by atoms with Crippen molar-refractivity contribution in [3.05, 3.63) is 34.7 Å². The highest BCUT2D eigenvalue weighted by atomic mass is 32.1. The SMILES string of the molecule is C[C@H]1CCc2nc(NC(=S)NCc3ccco3)sc2C1. The Morgan fingerprint density at radius 1 is 1.60 bits per heavy atom. The highest BCUT2D eigenvalue weighted by molar-refractivity contribution is 7.80. The molecule has 2 heterocycles. The lowest BCUT2D eigenvalue weighted by Crippen LogP contribution is -2.27. The number of anilines is 1. The molecule has 0 saturated heterocycles. The van der Waals surface area contributed by atoms with Crippen LogP contribution in [0, 0.1) is 5.92 Å². The van der Waals surface area contributed by atoms with Crippen LogP contribution in [0.15, 0.2) is 22.8 Å². The minimum absolute atomic E-state index is 0.584. The van der Waals surface area contributed by atoms with Crippen LogP contribution in [-0.4, -0.2) is 10.1 Å². The zero-order valence-electron chi connectivity index (χ0n) is 11.3. The minimum Gasteiger partial charge on any atom is -0.467 e. The van der Waals surface area contributed by atoms with Gasteiger partial charge in [0.15, 0.2) is 10.2 Å². The molecule has 4 nitrogen and oxygen atoms in total. The number of fused-ring (bicyclic) bond motifs is 1. The Kier molecular flexibility index (Phi) is 4.03. The molecule has 2 aromatic rings. The van der Waals surface area contributed by atoms with E-state index >= 15 is 0 Å². The van der Waals surface area contributed by atoms with Gasteiger partial charge < -0.3 is 15.1 Å². The number of rotatable bonds is 3. The van der Waals surface area contributed by atoms with Crippen molar-refractivity contribution in [2.24, 2.45) is 5.92 Å². The fourth-order valence-electron chi connectivity index (χ4n) is 2.32. The molecule has 3 rings (SSSR count). The van der Waals surface area contributed by atoms with Gasteiger partial charge in [-0.2, -0.15) is 0 Å². The van der Waals surface area contributed by atoms with Gasteiger partial charge in [0, 0.05) is 4.88 Å². The van der Waals surface area contributed by atoms with E-state index in [0.717, 1.165) is 29.7 Å². The van der Waals surface area contributed by atoms with E-state index in [2.05, 4.69) is 22.5 Å². The average Bonchev–Trinajstić information content (AvgIpc) is 3.04. The number of nitrogens with one attached hydrogen (secondary N) is 2. The number of hydrogen-bond donors (Lipinski definition) is 2. The van der Waals surface area contributed by atoms with Gasteiger partial charge in [0.1, 0.15) is 5.76 Å². The second-order valence-electron chi connectivity index (χ2n) is 5.12. The fraction of sp³-hybridized carbons (Fsp3) is 0.429. The normalized spacial score (nSPS) is 17.6. The fourth-order valence-corrected chi connectivity index (χ4v) is 3.72. The highest BCUT2D eigenvalue weighted by Gasteiger charge is 2.19. The summed E-state index contributed by atoms with van der Waals surface area (Å²) in [7, 11) is 0. The summed E-state index contributed by atoms with van der Waals surface area (Å²) < 4.78 is 5.25. The molecule has 20 heavy (non-hydrogen) atoms. The van der Waals surface area contributed by atoms with Gasteiger partial charge in [0.2, 0.25) is 0 Å². The van der Waals surface area contributed by atoms with Gasteiger partial charge in [-0.3, -0.25) is 0 Å². The molecule has 0 radical (unpaired) electrons. The van der Waals surface area contributed by atoms with Crippen LogP contribution in [0.3, 0.4) is 0 Å². The topological polar surface area (TPSA) is 50.1 Å². The van der Waals surface area contributed by atoms with Crippen LogP contribution < -0.4 is 10.6 Å². The van der Waals surface area contributed by atoms with Gasteiger partial charge in [-0.05, 0) is 49.5 Å². The van der Waals surface area contributed by atoms with Crippen LogP contribution in [0.5, 0.6) is 0 Å². The molecule has 0 aromatic carbocycles. The van der Waals surface area contributed by atoms with Crippen molar-refractivity contribution in [2.75, 3.05) is 5.32 Å². The molecular formula is C14H17N3OS2. The summed E-state index contributed by atoms with van der Waals surface area (Å²) in [5.41, 5.74) is 1.24. The monoisotopic (exact) mass is 307 g/mol. The first-order chi connectivity index (χ1) is 9.70. The van der Waals surface area contributed by atoms with Crippen LogP contribution in [0.4, 0.5) is 5.13 Å². The van der Waals surface area contributed by atoms with Crippen LogP contribution in [0.2, 0.25) is 0 Å². The highest BCUT2D eigenvalue weighted by Crippen LogP contribution is 2.31. The van der Waals surface area contributed by atoms with Gasteiger partial charge in [0.25, 0.3) is 0 Å². The maximum Gasteiger partial charge on any atom is 0.189 e. The van der Waals surface area contributed by atoms with E-state index in [1.807, 2.05) is 12.1 Å². The lowest BCUT2D eigenvalue weighted by molar-refractivity contribution is 0.502. The molecule has 0 bridgehead atoms. The Morgan fingerprint density at radius 3 is 3.30 bits per heavy atom. The number of furan rings is 1. The van der Waals surface area contributed by atoms with Crippen molar-refractivity contribution in [2.45, 2.75) is 32.7 Å². The summed E-state index contributed by atoms with van der Waals surface area (Å²) in [6, 6.07) is 3.78. The number of nitrogens with zero attached hydrogens (tertiary/aromatic N) is 1. The van der Waals surface area contributed by atoms with Crippen molar-refractivity contribution in [1.82, 2.24) is 10.3 Å². The van der Waals surface area contributed by atoms with Crippen molar-refractivity contribution < 1.29 is 4.42 Å². The predicted octanol–water partition coefficient (Wildman–Crippen LogP) is 3.35. The van der Waals surface area contributed by atoms with Gasteiger partial charge in [-0.1, -0.05) is 6.92 Å². The van der Waals surface area contributed by atoms with E-state index < -0.39 is 0 Å². The van der Waals surface area contributed by atoms with Crippen molar-refractivity contribution in [1.29, 1.82) is 0 Å². The van der Waals surface area contributed by atoms with Gasteiger partial charge >= 0.3 is 0 Å². The molecule has 6 heteroatoms. The molecular weight excluding hydrogens is 290 g/mol. The molecule has 0 spiro atoms. The summed E-state index contributed by atoms with van der Waals surface area (Å²) in [6.45, 7) is 2.88. The van der Waals surface area contributed by atoms with Crippen molar-refractivity contribution in [3.63, 3.8) is 0 Å². The second kappa shape index (κ2) is 5.93. The Morgan fingerprint density at radius 2 is 2.50 bits per heavy atom. The van der Waals surface area contributed by atoms with E-state index in [4.69, 9.17) is 16.6 Å². The summed E-state index contributed by atoms with van der Waals surface area (Å²) >= 11 is 6.99. The second-order valence-corrected chi connectivity index (χ2v) is 6.62. The van der Waals surface area contributed by atoms with Gasteiger partial charge in [0.05, 0.1) is 18.5 Å². The zero-order chi connectivity index (χ0) is 13.9. The molecule has 1 atom stereocenters. The number of hydrogen-bond acceptors (Lipinski definition) is 4. The van der Waals surface area contributed by atoms with Crippen molar-refractivity contribution >= 4 is 33.8 Å². The smallest absolute Gasteiger partial charge is 0.189 e. The van der Waals surface area contributed by atoms with Crippen LogP contribution in [-0.2, 0) is 19.4 Å². The van der Waals surface area contributed by atoms with Crippen LogP contribution in [0.1, 0.15) is 29.7 Å². The Balaban J connectivity index is 1.56. The summed E-state index contributed by atoms with van der Waals surface area (Å²) in [5, 5.41) is 7.75. The largest absolute Gasteiger partial charge is 0.467 e. The van der Waals surface area contributed by atoms with E-state index in [1.54, 1.807) is 17.6 Å². The summed E-state index contributed by atoms with van der Waals surface area (Å²) in [6.07, 6.45) is 5.11. The van der Waals surface area contributed by atoms with Crippen molar-refractivity contribution in [3.8, 4) is 0 Å². The minimum atomic E-state index is 0.584. The van der Waals surface area contributed by atoms with Crippen LogP contribution in [0.25, 0.3) is 0 Å². The quantitative estimate of drug-likeness (QED) is 0.852. The maximum absolute atomic E-state index is 5.28. The summed E-state index contributed by atoms with van der Waals surface area (Å²) in [4.78, 5) is 6.03.